The zero-order valence-electron chi connectivity index (χ0n) is 20.1. The monoisotopic (exact) mass is 488 g/mol. The molecule has 0 atom stereocenters. The summed E-state index contributed by atoms with van der Waals surface area (Å²) >= 11 is 0. The Labute approximate surface area is 213 Å². The van der Waals surface area contributed by atoms with Gasteiger partial charge in [0.1, 0.15) is 18.0 Å². The van der Waals surface area contributed by atoms with Crippen LogP contribution in [0.4, 0.5) is 11.6 Å². The summed E-state index contributed by atoms with van der Waals surface area (Å²) in [4.78, 5) is 43.0. The molecule has 0 aliphatic carbocycles. The van der Waals surface area contributed by atoms with Gasteiger partial charge in [-0.3, -0.25) is 14.8 Å². The van der Waals surface area contributed by atoms with Gasteiger partial charge in [0.2, 0.25) is 0 Å². The number of nitrogens with zero attached hydrogens (tertiary/aromatic N) is 8. The number of hydrogen-bond donors (Lipinski definition) is 0. The number of carbonyl (C=O) groups is 1. The minimum atomic E-state index is -0.000564. The molecule has 37 heavy (non-hydrogen) atoms. The average molecular weight is 489 g/mol. The van der Waals surface area contributed by atoms with E-state index >= 15 is 0 Å². The first-order valence-corrected chi connectivity index (χ1v) is 12.1. The Balaban J connectivity index is 1.16. The molecule has 0 N–H and O–H groups in total. The van der Waals surface area contributed by atoms with Crippen molar-refractivity contribution in [3.05, 3.63) is 97.1 Å². The van der Waals surface area contributed by atoms with Gasteiger partial charge >= 0.3 is 0 Å². The van der Waals surface area contributed by atoms with Crippen LogP contribution in [0.5, 0.6) is 0 Å². The van der Waals surface area contributed by atoms with Crippen molar-refractivity contribution in [3.8, 4) is 11.1 Å². The van der Waals surface area contributed by atoms with Crippen molar-refractivity contribution < 1.29 is 4.79 Å². The number of Topliss-reactive ketones (excluding diaryl/α,β-unsaturated/α-hetero) is 1. The molecule has 1 aliphatic rings. The Hall–Kier alpha value is -4.79. The summed E-state index contributed by atoms with van der Waals surface area (Å²) in [7, 11) is 0. The average Bonchev–Trinajstić information content (AvgIpc) is 2.98. The smallest absolute Gasteiger partial charge is 0.170 e. The third kappa shape index (κ3) is 4.97. The molecule has 6 rings (SSSR count). The molecule has 0 saturated carbocycles. The Bertz CT molecular complexity index is 1520. The molecule has 182 valence electrons. The summed E-state index contributed by atoms with van der Waals surface area (Å²) in [5, 5.41) is 0. The Morgan fingerprint density at radius 2 is 1.43 bits per heavy atom. The second-order valence-corrected chi connectivity index (χ2v) is 8.89. The molecule has 0 unspecified atom stereocenters. The van der Waals surface area contributed by atoms with Gasteiger partial charge in [-0.05, 0) is 28.8 Å². The SMILES string of the molecule is O=C(Cc1ccc(-c2ccc3ncc(N4CCN(c5cnccn5)CC4)nc3c2)cc1)c1cncnc1. The minimum Gasteiger partial charge on any atom is -0.352 e. The highest BCUT2D eigenvalue weighted by Crippen LogP contribution is 2.25. The normalized spacial score (nSPS) is 13.6. The summed E-state index contributed by atoms with van der Waals surface area (Å²) in [6.45, 7) is 3.38. The van der Waals surface area contributed by atoms with E-state index in [0.29, 0.717) is 12.0 Å². The molecule has 0 spiro atoms. The topological polar surface area (TPSA) is 101 Å². The molecule has 9 nitrogen and oxygen atoms in total. The predicted octanol–water partition coefficient (Wildman–Crippen LogP) is 3.63. The van der Waals surface area contributed by atoms with E-state index in [2.05, 4.69) is 46.9 Å². The van der Waals surface area contributed by atoms with Gasteiger partial charge in [-0.1, -0.05) is 30.3 Å². The number of rotatable bonds is 6. The van der Waals surface area contributed by atoms with E-state index in [-0.39, 0.29) is 5.78 Å². The molecule has 4 heterocycles. The molecule has 1 saturated heterocycles. The molecule has 1 fully saturated rings. The second-order valence-electron chi connectivity index (χ2n) is 8.89. The first kappa shape index (κ1) is 22.7. The Morgan fingerprint density at radius 3 is 2.16 bits per heavy atom. The third-order valence-corrected chi connectivity index (χ3v) is 6.54. The fourth-order valence-corrected chi connectivity index (χ4v) is 4.50. The standard InChI is InChI=1S/C28H24N8O/c37-26(23-15-30-19-31-16-23)13-20-1-3-21(4-2-20)22-5-6-24-25(14-22)34-28(18-33-24)36-11-9-35(10-12-36)27-17-29-7-8-32-27/h1-8,14-19H,9-13H2. The van der Waals surface area contributed by atoms with Gasteiger partial charge < -0.3 is 9.80 Å². The molecular weight excluding hydrogens is 464 g/mol. The molecule has 3 aromatic heterocycles. The Morgan fingerprint density at radius 1 is 0.703 bits per heavy atom. The number of anilines is 2. The van der Waals surface area contributed by atoms with Crippen LogP contribution in [-0.4, -0.2) is 61.9 Å². The van der Waals surface area contributed by atoms with Crippen LogP contribution in [0.25, 0.3) is 22.2 Å². The van der Waals surface area contributed by atoms with Crippen LogP contribution >= 0.6 is 0 Å². The highest BCUT2D eigenvalue weighted by molar-refractivity contribution is 5.97. The number of piperazine rings is 1. The van der Waals surface area contributed by atoms with Gasteiger partial charge in [0, 0.05) is 57.4 Å². The second kappa shape index (κ2) is 10.1. The summed E-state index contributed by atoms with van der Waals surface area (Å²) in [6, 6.07) is 14.2. The highest BCUT2D eigenvalue weighted by atomic mass is 16.1. The van der Waals surface area contributed by atoms with E-state index in [4.69, 9.17) is 4.98 Å². The first-order valence-electron chi connectivity index (χ1n) is 12.1. The fraction of sp³-hybridized carbons (Fsp3) is 0.179. The summed E-state index contributed by atoms with van der Waals surface area (Å²) in [6.07, 6.45) is 11.9. The Kier molecular flexibility index (Phi) is 6.16. The molecule has 9 heteroatoms. The molecule has 0 radical (unpaired) electrons. The van der Waals surface area contributed by atoms with Crippen LogP contribution in [0, 0.1) is 0 Å². The van der Waals surface area contributed by atoms with E-state index in [0.717, 1.165) is 65.5 Å². The van der Waals surface area contributed by atoms with Crippen molar-refractivity contribution in [1.29, 1.82) is 0 Å². The lowest BCUT2D eigenvalue weighted by Crippen LogP contribution is -2.47. The minimum absolute atomic E-state index is 0.000564. The maximum absolute atomic E-state index is 12.5. The van der Waals surface area contributed by atoms with Crippen LogP contribution < -0.4 is 9.80 Å². The quantitative estimate of drug-likeness (QED) is 0.332. The highest BCUT2D eigenvalue weighted by Gasteiger charge is 2.20. The van der Waals surface area contributed by atoms with E-state index in [1.165, 1.54) is 6.33 Å². The third-order valence-electron chi connectivity index (χ3n) is 6.54. The lowest BCUT2D eigenvalue weighted by Gasteiger charge is -2.35. The van der Waals surface area contributed by atoms with Crippen LogP contribution in [0.1, 0.15) is 15.9 Å². The zero-order chi connectivity index (χ0) is 25.0. The van der Waals surface area contributed by atoms with E-state index in [9.17, 15) is 4.79 Å². The van der Waals surface area contributed by atoms with Crippen LogP contribution in [-0.2, 0) is 6.42 Å². The van der Waals surface area contributed by atoms with E-state index < -0.39 is 0 Å². The van der Waals surface area contributed by atoms with Crippen LogP contribution in [0.3, 0.4) is 0 Å². The summed E-state index contributed by atoms with van der Waals surface area (Å²) < 4.78 is 0. The molecule has 0 bridgehead atoms. The lowest BCUT2D eigenvalue weighted by atomic mass is 10.00. The first-order chi connectivity index (χ1) is 18.2. The zero-order valence-corrected chi connectivity index (χ0v) is 20.1. The van der Waals surface area contributed by atoms with Crippen molar-refractivity contribution >= 4 is 28.5 Å². The van der Waals surface area contributed by atoms with Gasteiger partial charge in [-0.2, -0.15) is 0 Å². The number of aromatic nitrogens is 6. The fourth-order valence-electron chi connectivity index (χ4n) is 4.50. The summed E-state index contributed by atoms with van der Waals surface area (Å²) in [5.41, 5.74) is 5.30. The summed E-state index contributed by atoms with van der Waals surface area (Å²) in [5.74, 6) is 1.78. The number of carbonyl (C=O) groups excluding carboxylic acids is 1. The van der Waals surface area contributed by atoms with Gasteiger partial charge in [-0.25, -0.2) is 19.9 Å². The van der Waals surface area contributed by atoms with Gasteiger partial charge in [0.05, 0.1) is 29.0 Å². The molecule has 5 aromatic rings. The number of hydrogen-bond acceptors (Lipinski definition) is 9. The predicted molar refractivity (Wildman–Crippen MR) is 141 cm³/mol. The molecule has 1 aliphatic heterocycles. The van der Waals surface area contributed by atoms with Crippen molar-refractivity contribution in [3.63, 3.8) is 0 Å². The number of ketones is 1. The molecule has 2 aromatic carbocycles. The van der Waals surface area contributed by atoms with Crippen molar-refractivity contribution in [2.24, 2.45) is 0 Å². The molecular formula is C28H24N8O. The van der Waals surface area contributed by atoms with Gasteiger partial charge in [-0.15, -0.1) is 0 Å². The van der Waals surface area contributed by atoms with Crippen molar-refractivity contribution in [2.75, 3.05) is 36.0 Å². The van der Waals surface area contributed by atoms with E-state index in [1.807, 2.05) is 36.5 Å². The molecule has 0 amide bonds. The maximum Gasteiger partial charge on any atom is 0.170 e. The number of fused-ring (bicyclic) bond motifs is 1. The van der Waals surface area contributed by atoms with Crippen LogP contribution in [0.15, 0.2) is 86.0 Å². The maximum atomic E-state index is 12.5. The van der Waals surface area contributed by atoms with Gasteiger partial charge in [0.25, 0.3) is 0 Å². The lowest BCUT2D eigenvalue weighted by molar-refractivity contribution is 0.0992. The van der Waals surface area contributed by atoms with Crippen molar-refractivity contribution in [2.45, 2.75) is 6.42 Å². The van der Waals surface area contributed by atoms with E-state index in [1.54, 1.807) is 31.0 Å². The largest absolute Gasteiger partial charge is 0.352 e. The van der Waals surface area contributed by atoms with Gasteiger partial charge in [0.15, 0.2) is 5.78 Å². The van der Waals surface area contributed by atoms with Crippen molar-refractivity contribution in [1.82, 2.24) is 29.9 Å². The van der Waals surface area contributed by atoms with Crippen LogP contribution in [0.2, 0.25) is 0 Å². The number of benzene rings is 2.